The summed E-state index contributed by atoms with van der Waals surface area (Å²) in [4.78, 5) is 246. The van der Waals surface area contributed by atoms with E-state index in [0.717, 1.165) is 27.9 Å². The standard InChI is InChI=1S/C79H112N20O22S/c1-41(2)61(93-71(111)57-28-20-32-99(57)76(116)53(34-46-23-15-12-16-24-46)90-65(105)42(3)86-40-100)72(112)96-64(79(6,7)8)74(114)89-52(35-47-37-85-49-26-18-17-25-48(47)49)67(107)87-50(27-19-31-84-78(82)83)66(106)92-55(39-122(118,119)120)69(109)95-63-44(5)121-60(104)38-97(9)75(115)54(36-59(81)103)91-73(113)62(43(4)101)94-68(108)51(33-45-21-13-11-14-22-45)88-70(110)56(29-30-58(80)102)98(10)77(63)117/h11-18,21-26,37,40-44,50-57,61-64,85,101H,19-20,27-36,38-39H2,1-10H3,(H2,80,102)(H2,81,103)(H,86,100)(H,87,107)(H,88,110)(H,89,114)(H,90,105)(H,91,113)(H,92,106)(H,93,111)(H,94,108)(H,95,109)(H,96,112)(H4,82,83,84)(H,118,119,120)/t42-,43+,44-,50+,51+,52-,53+,54-,55-,56-,57-,61-,62-,63-,64-/m1/s1. The highest BCUT2D eigenvalue weighted by Gasteiger charge is 2.45. The van der Waals surface area contributed by atoms with Crippen LogP contribution in [0.15, 0.2) is 91.1 Å². The van der Waals surface area contributed by atoms with Crippen molar-refractivity contribution in [3.05, 3.63) is 108 Å². The molecule has 0 aliphatic carbocycles. The smallest absolute Gasteiger partial charge is 0.325 e. The molecule has 2 aliphatic rings. The normalized spacial score (nSPS) is 20.4. The fraction of sp³-hybridized carbons (Fsp3) is 0.519. The summed E-state index contributed by atoms with van der Waals surface area (Å²) in [6.07, 6.45) is -5.01. The van der Waals surface area contributed by atoms with Gasteiger partial charge in [0.1, 0.15) is 96.9 Å². The zero-order chi connectivity index (χ0) is 90.8. The number of hydrogen-bond acceptors (Lipinski definition) is 22. The van der Waals surface area contributed by atoms with Gasteiger partial charge in [-0.25, -0.2) is 0 Å². The minimum Gasteiger partial charge on any atom is -0.459 e. The van der Waals surface area contributed by atoms with Crippen molar-refractivity contribution in [3.8, 4) is 0 Å². The Labute approximate surface area is 704 Å². The molecule has 42 nitrogen and oxygen atoms in total. The number of hydrogen-bond donors (Lipinski definition) is 19. The number of nitrogens with one attached hydrogen (secondary N) is 14. The van der Waals surface area contributed by atoms with Crippen LogP contribution >= 0.6 is 0 Å². The number of guanidine groups is 1. The zero-order valence-corrected chi connectivity index (χ0v) is 70.2. The molecule has 2 fully saturated rings. The second-order valence-corrected chi connectivity index (χ2v) is 33.0. The summed E-state index contributed by atoms with van der Waals surface area (Å²) in [5.74, 6) is -20.9. The third kappa shape index (κ3) is 29.4. The lowest BCUT2D eigenvalue weighted by Crippen LogP contribution is -2.64. The number of rotatable bonds is 36. The van der Waals surface area contributed by atoms with Crippen LogP contribution in [0.2, 0.25) is 0 Å². The largest absolute Gasteiger partial charge is 0.459 e. The highest BCUT2D eigenvalue weighted by atomic mass is 32.2. The Morgan fingerprint density at radius 1 is 0.689 bits per heavy atom. The maximum Gasteiger partial charge on any atom is 0.325 e. The van der Waals surface area contributed by atoms with Gasteiger partial charge in [0.25, 0.3) is 10.1 Å². The van der Waals surface area contributed by atoms with Crippen molar-refractivity contribution < 1.29 is 104 Å². The molecule has 3 heterocycles. The lowest BCUT2D eigenvalue weighted by molar-refractivity contribution is -0.158. The number of likely N-dealkylation sites (tertiary alicyclic amines) is 1. The van der Waals surface area contributed by atoms with E-state index < -0.39 is 251 Å². The molecule has 0 spiro atoms. The Bertz CT molecular complexity index is 4590. The number of aromatic nitrogens is 1. The van der Waals surface area contributed by atoms with E-state index in [1.54, 1.807) is 120 Å². The van der Waals surface area contributed by atoms with E-state index in [-0.39, 0.29) is 45.2 Å². The molecule has 4 aromatic rings. The van der Waals surface area contributed by atoms with E-state index in [1.165, 1.54) is 18.0 Å². The van der Waals surface area contributed by atoms with Crippen LogP contribution < -0.4 is 81.0 Å². The van der Waals surface area contributed by atoms with Crippen molar-refractivity contribution in [2.75, 3.05) is 39.5 Å². The number of aliphatic hydroxyl groups excluding tert-OH is 1. The highest BCUT2D eigenvalue weighted by Crippen LogP contribution is 2.26. The molecule has 15 atom stereocenters. The van der Waals surface area contributed by atoms with E-state index >= 15 is 24.0 Å². The van der Waals surface area contributed by atoms with Crippen molar-refractivity contribution in [2.24, 2.45) is 28.5 Å². The van der Waals surface area contributed by atoms with Gasteiger partial charge in [0.2, 0.25) is 95.0 Å². The van der Waals surface area contributed by atoms with Crippen molar-refractivity contribution >= 4 is 128 Å². The molecule has 6 rings (SSSR count). The Balaban J connectivity index is 1.36. The van der Waals surface area contributed by atoms with Crippen LogP contribution in [-0.4, -0.2) is 275 Å². The molecule has 2 saturated heterocycles. The molecule has 3 aromatic carbocycles. The maximum absolute atomic E-state index is 15.4. The van der Waals surface area contributed by atoms with Gasteiger partial charge in [-0.3, -0.25) is 91.5 Å². The number of para-hydroxylation sites is 1. The molecular formula is C79H112N20O22S. The zero-order valence-electron chi connectivity index (χ0n) is 69.4. The minimum absolute atomic E-state index is 0.00747. The van der Waals surface area contributed by atoms with Crippen LogP contribution in [0.4, 0.5) is 0 Å². The summed E-state index contributed by atoms with van der Waals surface area (Å²) in [5.41, 5.74) is 17.4. The van der Waals surface area contributed by atoms with Crippen molar-refractivity contribution in [3.63, 3.8) is 0 Å². The number of esters is 1. The number of carbonyl (C=O) groups is 17. The number of ether oxygens (including phenoxy) is 1. The molecule has 43 heteroatoms. The average Bonchev–Trinajstić information content (AvgIpc) is 1.47. The predicted octanol–water partition coefficient (Wildman–Crippen LogP) is -5.23. The number of nitrogens with two attached hydrogens (primary N) is 3. The van der Waals surface area contributed by atoms with Gasteiger partial charge in [-0.15, -0.1) is 0 Å². The number of aliphatic hydroxyl groups is 1. The summed E-state index contributed by atoms with van der Waals surface area (Å²) < 4.78 is 42.3. The molecule has 1 aromatic heterocycles. The van der Waals surface area contributed by atoms with Crippen LogP contribution in [-0.2, 0) is 116 Å². The van der Waals surface area contributed by atoms with Crippen LogP contribution in [0.25, 0.3) is 10.9 Å². The number of carbonyl (C=O) groups excluding carboxylic acids is 17. The van der Waals surface area contributed by atoms with Crippen LogP contribution in [0.5, 0.6) is 0 Å². The summed E-state index contributed by atoms with van der Waals surface area (Å²) in [6, 6.07) is 1.12. The molecule has 0 bridgehead atoms. The number of aromatic amines is 1. The number of amides is 16. The Kier molecular flexibility index (Phi) is 36.3. The van der Waals surface area contributed by atoms with E-state index in [9.17, 15) is 75.6 Å². The van der Waals surface area contributed by atoms with Crippen molar-refractivity contribution in [1.82, 2.24) is 83.5 Å². The fourth-order valence-corrected chi connectivity index (χ4v) is 14.4. The first-order chi connectivity index (χ1) is 57.3. The van der Waals surface area contributed by atoms with Gasteiger partial charge in [-0.05, 0) is 87.0 Å². The van der Waals surface area contributed by atoms with Crippen molar-refractivity contribution in [2.45, 2.75) is 210 Å². The van der Waals surface area contributed by atoms with Crippen LogP contribution in [0.1, 0.15) is 117 Å². The summed E-state index contributed by atoms with van der Waals surface area (Å²) in [6.45, 7) is 10.3. The van der Waals surface area contributed by atoms with E-state index in [2.05, 4.69) is 68.8 Å². The van der Waals surface area contributed by atoms with E-state index in [1.807, 2.05) is 0 Å². The summed E-state index contributed by atoms with van der Waals surface area (Å²) >= 11 is 0. The second kappa shape index (κ2) is 45.1. The summed E-state index contributed by atoms with van der Waals surface area (Å²) in [5, 5.41) is 49.0. The molecule has 666 valence electrons. The number of cyclic esters (lactones) is 1. The van der Waals surface area contributed by atoms with Gasteiger partial charge in [-0.1, -0.05) is 113 Å². The summed E-state index contributed by atoms with van der Waals surface area (Å²) in [7, 11) is -3.48. The topological polar surface area (TPSA) is 646 Å². The number of fused-ring (bicyclic) bond motifs is 1. The van der Waals surface area contributed by atoms with E-state index in [0.29, 0.717) is 50.2 Å². The van der Waals surface area contributed by atoms with Crippen molar-refractivity contribution in [1.29, 1.82) is 5.41 Å². The molecule has 22 N–H and O–H groups in total. The molecule has 122 heavy (non-hydrogen) atoms. The van der Waals surface area contributed by atoms with Gasteiger partial charge < -0.3 is 111 Å². The molecule has 0 saturated carbocycles. The second-order valence-electron chi connectivity index (χ2n) is 31.5. The fourth-order valence-electron chi connectivity index (χ4n) is 13.7. The van der Waals surface area contributed by atoms with Gasteiger partial charge in [-0.2, -0.15) is 8.42 Å². The maximum atomic E-state index is 15.4. The third-order valence-electron chi connectivity index (χ3n) is 20.3. The van der Waals surface area contributed by atoms with Crippen LogP contribution in [0.3, 0.4) is 0 Å². The molecule has 2 aliphatic heterocycles. The minimum atomic E-state index is -5.45. The molecular weight excluding hydrogens is 1610 g/mol. The first kappa shape index (κ1) is 98.2. The molecule has 0 unspecified atom stereocenters. The van der Waals surface area contributed by atoms with Gasteiger partial charge in [0.15, 0.2) is 5.96 Å². The number of nitrogens with zero attached hydrogens (tertiary/aromatic N) is 3. The number of likely N-dealkylation sites (N-methyl/N-ethyl adjacent to an activating group) is 2. The lowest BCUT2D eigenvalue weighted by Gasteiger charge is -2.34. The third-order valence-corrected chi connectivity index (χ3v) is 21.1. The Morgan fingerprint density at radius 3 is 1.89 bits per heavy atom. The monoisotopic (exact) mass is 1720 g/mol. The number of benzene rings is 3. The SMILES string of the molecule is CC(C)[C@@H](NC(=O)[C@H]1CCCN1C(=O)[C@H](Cc1ccccc1)NC(=O)[C@@H](C)NC=O)C(=O)N[C@H](C(=O)N[C@H](Cc1c[nH]c2ccccc12)C(=O)N[C@@H](CCCNC(=N)N)C(=O)N[C@H](CS(=O)(=O)O)C(=O)N[C@H]1C(=O)N(C)[C@H](CCC(N)=O)C(=O)N[C@@H](Cc2ccccc2)C(=O)N[C@H]([C@H](C)O)C(=O)N[C@H](CC(N)=O)C(=O)N(C)CC(=O)O[C@@H]1C)C(C)(C)C. The molecule has 0 radical (unpaired) electrons. The van der Waals surface area contributed by atoms with Gasteiger partial charge in [0, 0.05) is 70.0 Å². The predicted molar refractivity (Wildman–Crippen MR) is 439 cm³/mol. The lowest BCUT2D eigenvalue weighted by atomic mass is 9.85. The quantitative estimate of drug-likeness (QED) is 0.00505. The van der Waals surface area contributed by atoms with Gasteiger partial charge in [0.05, 0.1) is 12.5 Å². The highest BCUT2D eigenvalue weighted by molar-refractivity contribution is 7.85. The Morgan fingerprint density at radius 2 is 1.29 bits per heavy atom. The number of H-pyrrole nitrogens is 1. The first-order valence-electron chi connectivity index (χ1n) is 39.4. The first-order valence-corrected chi connectivity index (χ1v) is 41.1. The van der Waals surface area contributed by atoms with E-state index in [4.69, 9.17) is 27.3 Å². The average molecular weight is 1730 g/mol. The number of primary amides is 2. The molecule has 16 amide bonds. The van der Waals surface area contributed by atoms with Crippen LogP contribution in [0, 0.1) is 16.7 Å². The van der Waals surface area contributed by atoms with Gasteiger partial charge >= 0.3 is 5.97 Å². The Hall–Kier alpha value is -12.7.